The number of benzene rings is 2. The SMILES string of the molecule is CCCOC(=N[C@@H](C)c1ccccc1)NC(=O)c1ccc2c(c1)OCO2. The summed E-state index contributed by atoms with van der Waals surface area (Å²) in [7, 11) is 0. The van der Waals surface area contributed by atoms with E-state index in [2.05, 4.69) is 10.3 Å². The molecule has 3 rings (SSSR count). The molecule has 6 nitrogen and oxygen atoms in total. The number of hydrogen-bond donors (Lipinski definition) is 1. The molecule has 1 atom stereocenters. The summed E-state index contributed by atoms with van der Waals surface area (Å²) >= 11 is 0. The summed E-state index contributed by atoms with van der Waals surface area (Å²) < 4.78 is 16.2. The third-order valence-corrected chi connectivity index (χ3v) is 3.89. The Kier molecular flexibility index (Phi) is 5.73. The molecular weight excluding hydrogens is 332 g/mol. The zero-order valence-corrected chi connectivity index (χ0v) is 14.9. The van der Waals surface area contributed by atoms with Gasteiger partial charge in [-0.2, -0.15) is 0 Å². The maximum absolute atomic E-state index is 12.6. The van der Waals surface area contributed by atoms with E-state index < -0.39 is 0 Å². The van der Waals surface area contributed by atoms with Gasteiger partial charge in [-0.15, -0.1) is 0 Å². The first kappa shape index (κ1) is 17.8. The van der Waals surface area contributed by atoms with Crippen molar-refractivity contribution in [3.63, 3.8) is 0 Å². The van der Waals surface area contributed by atoms with Crippen LogP contribution in [0.2, 0.25) is 0 Å². The smallest absolute Gasteiger partial charge is 0.292 e. The van der Waals surface area contributed by atoms with Crippen molar-refractivity contribution in [2.75, 3.05) is 13.4 Å². The molecule has 26 heavy (non-hydrogen) atoms. The molecule has 1 aliphatic heterocycles. The van der Waals surface area contributed by atoms with E-state index in [1.807, 2.05) is 44.2 Å². The topological polar surface area (TPSA) is 69.2 Å². The lowest BCUT2D eigenvalue weighted by Crippen LogP contribution is -2.33. The molecule has 0 bridgehead atoms. The molecule has 0 radical (unpaired) electrons. The maximum Gasteiger partial charge on any atom is 0.292 e. The van der Waals surface area contributed by atoms with E-state index in [0.29, 0.717) is 23.7 Å². The molecule has 0 aliphatic carbocycles. The fourth-order valence-corrected chi connectivity index (χ4v) is 2.49. The molecule has 0 fully saturated rings. The summed E-state index contributed by atoms with van der Waals surface area (Å²) in [5.41, 5.74) is 1.50. The summed E-state index contributed by atoms with van der Waals surface area (Å²) in [6.07, 6.45) is 0.818. The Morgan fingerprint density at radius 2 is 1.96 bits per heavy atom. The molecule has 136 valence electrons. The number of rotatable bonds is 5. The molecule has 1 amide bonds. The predicted octanol–water partition coefficient (Wildman–Crippen LogP) is 3.69. The van der Waals surface area contributed by atoms with E-state index >= 15 is 0 Å². The van der Waals surface area contributed by atoms with E-state index in [0.717, 1.165) is 12.0 Å². The molecule has 0 saturated carbocycles. The summed E-state index contributed by atoms with van der Waals surface area (Å²) in [5, 5.41) is 2.75. The monoisotopic (exact) mass is 354 g/mol. The van der Waals surface area contributed by atoms with Gasteiger partial charge in [-0.05, 0) is 37.1 Å². The number of ether oxygens (including phenoxy) is 3. The highest BCUT2D eigenvalue weighted by molar-refractivity contribution is 6.04. The van der Waals surface area contributed by atoms with Crippen LogP contribution in [0.5, 0.6) is 11.5 Å². The Bertz CT molecular complexity index is 790. The van der Waals surface area contributed by atoms with Crippen molar-refractivity contribution in [3.05, 3.63) is 59.7 Å². The average Bonchev–Trinajstić information content (AvgIpc) is 3.14. The number of carbonyl (C=O) groups excluding carboxylic acids is 1. The van der Waals surface area contributed by atoms with Crippen LogP contribution in [0.15, 0.2) is 53.5 Å². The van der Waals surface area contributed by atoms with Gasteiger partial charge < -0.3 is 14.2 Å². The van der Waals surface area contributed by atoms with Crippen LogP contribution < -0.4 is 14.8 Å². The van der Waals surface area contributed by atoms with E-state index in [9.17, 15) is 4.79 Å². The second-order valence-electron chi connectivity index (χ2n) is 5.89. The molecule has 1 heterocycles. The zero-order chi connectivity index (χ0) is 18.4. The molecule has 2 aromatic rings. The molecule has 2 aromatic carbocycles. The summed E-state index contributed by atoms with van der Waals surface area (Å²) in [5.74, 6) is 0.886. The van der Waals surface area contributed by atoms with Crippen molar-refractivity contribution in [2.45, 2.75) is 26.3 Å². The van der Waals surface area contributed by atoms with Crippen molar-refractivity contribution in [2.24, 2.45) is 4.99 Å². The largest absolute Gasteiger partial charge is 0.465 e. The van der Waals surface area contributed by atoms with Crippen LogP contribution in [0.25, 0.3) is 0 Å². The molecule has 0 saturated heterocycles. The first-order valence-electron chi connectivity index (χ1n) is 8.64. The van der Waals surface area contributed by atoms with Crippen LogP contribution >= 0.6 is 0 Å². The molecular formula is C20H22N2O4. The minimum absolute atomic E-state index is 0.139. The molecule has 0 aromatic heterocycles. The lowest BCUT2D eigenvalue weighted by Gasteiger charge is -2.13. The number of amides is 1. The number of hydrogen-bond acceptors (Lipinski definition) is 5. The first-order valence-corrected chi connectivity index (χ1v) is 8.64. The van der Waals surface area contributed by atoms with Crippen molar-refractivity contribution in [1.29, 1.82) is 0 Å². The Morgan fingerprint density at radius 1 is 1.19 bits per heavy atom. The molecule has 1 aliphatic rings. The van der Waals surface area contributed by atoms with E-state index in [-0.39, 0.29) is 24.8 Å². The average molecular weight is 354 g/mol. The number of amidine groups is 1. The van der Waals surface area contributed by atoms with Crippen molar-refractivity contribution >= 4 is 11.9 Å². The number of nitrogens with one attached hydrogen (secondary N) is 1. The van der Waals surface area contributed by atoms with Crippen LogP contribution in [0.3, 0.4) is 0 Å². The summed E-state index contributed by atoms with van der Waals surface area (Å²) in [6, 6.07) is 15.0. The Morgan fingerprint density at radius 3 is 2.73 bits per heavy atom. The fourth-order valence-electron chi connectivity index (χ4n) is 2.49. The third kappa shape index (κ3) is 4.33. The van der Waals surface area contributed by atoms with E-state index in [1.165, 1.54) is 0 Å². The number of carbonyl (C=O) groups is 1. The third-order valence-electron chi connectivity index (χ3n) is 3.89. The van der Waals surface area contributed by atoms with Gasteiger partial charge in [0.2, 0.25) is 6.79 Å². The minimum atomic E-state index is -0.307. The first-order chi connectivity index (χ1) is 12.7. The van der Waals surface area contributed by atoms with Crippen molar-refractivity contribution < 1.29 is 19.0 Å². The highest BCUT2D eigenvalue weighted by Gasteiger charge is 2.18. The standard InChI is InChI=1S/C20H22N2O4/c1-3-11-24-20(21-14(2)15-7-5-4-6-8-15)22-19(23)16-9-10-17-18(12-16)26-13-25-17/h4-10,12,14H,3,11,13H2,1-2H3,(H,21,22,23)/t14-/m0/s1. The summed E-state index contributed by atoms with van der Waals surface area (Å²) in [6.45, 7) is 4.60. The Balaban J connectivity index is 1.75. The van der Waals surface area contributed by atoms with Crippen LogP contribution in [-0.4, -0.2) is 25.3 Å². The molecule has 6 heteroatoms. The lowest BCUT2D eigenvalue weighted by molar-refractivity contribution is 0.0964. The summed E-state index contributed by atoms with van der Waals surface area (Å²) in [4.78, 5) is 17.1. The lowest BCUT2D eigenvalue weighted by atomic mass is 10.1. The van der Waals surface area contributed by atoms with Crippen LogP contribution in [0.1, 0.15) is 42.2 Å². The number of fused-ring (bicyclic) bond motifs is 1. The Hall–Kier alpha value is -3.02. The predicted molar refractivity (Wildman–Crippen MR) is 98.6 cm³/mol. The second-order valence-corrected chi connectivity index (χ2v) is 5.89. The molecule has 0 unspecified atom stereocenters. The minimum Gasteiger partial charge on any atom is -0.465 e. The quantitative estimate of drug-likeness (QED) is 0.657. The molecule has 0 spiro atoms. The fraction of sp³-hybridized carbons (Fsp3) is 0.300. The van der Waals surface area contributed by atoms with Crippen LogP contribution in [0, 0.1) is 0 Å². The number of nitrogens with zero attached hydrogens (tertiary/aromatic N) is 1. The van der Waals surface area contributed by atoms with Gasteiger partial charge in [0.25, 0.3) is 11.9 Å². The van der Waals surface area contributed by atoms with Gasteiger partial charge in [0.15, 0.2) is 11.5 Å². The normalized spacial score (nSPS) is 14.0. The van der Waals surface area contributed by atoms with Gasteiger partial charge in [-0.1, -0.05) is 37.3 Å². The van der Waals surface area contributed by atoms with Crippen molar-refractivity contribution in [1.82, 2.24) is 5.32 Å². The second kappa shape index (κ2) is 8.38. The van der Waals surface area contributed by atoms with Crippen LogP contribution in [-0.2, 0) is 4.74 Å². The Labute approximate surface area is 152 Å². The van der Waals surface area contributed by atoms with Gasteiger partial charge >= 0.3 is 0 Å². The van der Waals surface area contributed by atoms with Gasteiger partial charge in [0.1, 0.15) is 0 Å². The highest BCUT2D eigenvalue weighted by atomic mass is 16.7. The maximum atomic E-state index is 12.6. The highest BCUT2D eigenvalue weighted by Crippen LogP contribution is 2.32. The van der Waals surface area contributed by atoms with Gasteiger partial charge in [-0.25, -0.2) is 4.99 Å². The molecule has 1 N–H and O–H groups in total. The van der Waals surface area contributed by atoms with Crippen LogP contribution in [0.4, 0.5) is 0 Å². The van der Waals surface area contributed by atoms with Gasteiger partial charge in [0.05, 0.1) is 12.6 Å². The van der Waals surface area contributed by atoms with Gasteiger partial charge in [0, 0.05) is 5.56 Å². The number of aliphatic imine (C=N–C) groups is 1. The van der Waals surface area contributed by atoms with Crippen molar-refractivity contribution in [3.8, 4) is 11.5 Å². The van der Waals surface area contributed by atoms with E-state index in [4.69, 9.17) is 14.2 Å². The van der Waals surface area contributed by atoms with Gasteiger partial charge in [-0.3, -0.25) is 10.1 Å². The zero-order valence-electron chi connectivity index (χ0n) is 14.9. The van der Waals surface area contributed by atoms with E-state index in [1.54, 1.807) is 18.2 Å².